The van der Waals surface area contributed by atoms with Crippen molar-refractivity contribution in [3.63, 3.8) is 0 Å². The van der Waals surface area contributed by atoms with Gasteiger partial charge in [0.15, 0.2) is 0 Å². The van der Waals surface area contributed by atoms with E-state index in [-0.39, 0.29) is 18.4 Å². The number of hydrogen-bond donors (Lipinski definition) is 2. The standard InChI is InChI=1S/C13H16N4O.ClH/c1-2-8-15-13-17-16-12(18-13)11(14)9-10-6-4-3-5-7-10;/h2-7,11H,1,8-9,14H2,(H,15,17);1H/t11-;/m1./s1. The van der Waals surface area contributed by atoms with E-state index in [1.54, 1.807) is 6.08 Å². The number of nitrogens with two attached hydrogens (primary N) is 1. The summed E-state index contributed by atoms with van der Waals surface area (Å²) in [5.74, 6) is 0.436. The van der Waals surface area contributed by atoms with Gasteiger partial charge in [-0.15, -0.1) is 24.1 Å². The number of anilines is 1. The Morgan fingerprint density at radius 1 is 1.32 bits per heavy atom. The minimum Gasteiger partial charge on any atom is -0.406 e. The van der Waals surface area contributed by atoms with Gasteiger partial charge < -0.3 is 15.5 Å². The summed E-state index contributed by atoms with van der Waals surface area (Å²) in [4.78, 5) is 0. The topological polar surface area (TPSA) is 77.0 Å². The maximum absolute atomic E-state index is 6.02. The maximum Gasteiger partial charge on any atom is 0.315 e. The molecule has 0 aliphatic carbocycles. The molecule has 1 aromatic heterocycles. The Morgan fingerprint density at radius 3 is 2.74 bits per heavy atom. The zero-order valence-electron chi connectivity index (χ0n) is 10.5. The quantitative estimate of drug-likeness (QED) is 0.794. The van der Waals surface area contributed by atoms with Gasteiger partial charge in [0.25, 0.3) is 0 Å². The van der Waals surface area contributed by atoms with Gasteiger partial charge in [0.1, 0.15) is 0 Å². The van der Waals surface area contributed by atoms with Crippen LogP contribution in [0.1, 0.15) is 17.5 Å². The van der Waals surface area contributed by atoms with E-state index in [4.69, 9.17) is 10.2 Å². The van der Waals surface area contributed by atoms with Crippen molar-refractivity contribution in [2.75, 3.05) is 11.9 Å². The first-order valence-electron chi connectivity index (χ1n) is 5.77. The number of halogens is 1. The third-order valence-electron chi connectivity index (χ3n) is 2.45. The van der Waals surface area contributed by atoms with Gasteiger partial charge >= 0.3 is 6.01 Å². The van der Waals surface area contributed by atoms with E-state index in [2.05, 4.69) is 22.1 Å². The third kappa shape index (κ3) is 4.39. The Balaban J connectivity index is 0.00000180. The average Bonchev–Trinajstić information content (AvgIpc) is 2.86. The molecule has 0 saturated carbocycles. The van der Waals surface area contributed by atoms with E-state index < -0.39 is 0 Å². The molecule has 102 valence electrons. The number of nitrogens with one attached hydrogen (secondary N) is 1. The molecule has 19 heavy (non-hydrogen) atoms. The van der Waals surface area contributed by atoms with E-state index in [9.17, 15) is 0 Å². The predicted molar refractivity (Wildman–Crippen MR) is 77.3 cm³/mol. The van der Waals surface area contributed by atoms with Crippen LogP contribution in [0.3, 0.4) is 0 Å². The Labute approximate surface area is 118 Å². The van der Waals surface area contributed by atoms with Crippen LogP contribution >= 0.6 is 12.4 Å². The Bertz CT molecular complexity index is 500. The van der Waals surface area contributed by atoms with Gasteiger partial charge in [0.2, 0.25) is 5.89 Å². The predicted octanol–water partition coefficient (Wildman–Crippen LogP) is 2.33. The zero-order valence-corrected chi connectivity index (χ0v) is 11.3. The van der Waals surface area contributed by atoms with E-state index in [0.717, 1.165) is 5.56 Å². The number of aromatic nitrogens is 2. The molecule has 6 heteroatoms. The van der Waals surface area contributed by atoms with E-state index in [1.807, 2.05) is 30.3 Å². The molecule has 2 rings (SSSR count). The lowest BCUT2D eigenvalue weighted by atomic mass is 10.1. The first-order chi connectivity index (χ1) is 8.79. The number of benzene rings is 1. The molecule has 0 aliphatic rings. The van der Waals surface area contributed by atoms with E-state index in [0.29, 0.717) is 24.9 Å². The van der Waals surface area contributed by atoms with Crippen LogP contribution in [-0.2, 0) is 6.42 Å². The van der Waals surface area contributed by atoms with Crippen molar-refractivity contribution in [1.29, 1.82) is 0 Å². The molecule has 0 spiro atoms. The van der Waals surface area contributed by atoms with E-state index >= 15 is 0 Å². The van der Waals surface area contributed by atoms with Crippen molar-refractivity contribution in [2.45, 2.75) is 12.5 Å². The van der Waals surface area contributed by atoms with Crippen LogP contribution < -0.4 is 11.1 Å². The van der Waals surface area contributed by atoms with Gasteiger partial charge in [-0.3, -0.25) is 0 Å². The zero-order chi connectivity index (χ0) is 12.8. The molecule has 1 heterocycles. The molecule has 1 aromatic carbocycles. The Kier molecular flexibility index (Phi) is 6.05. The van der Waals surface area contributed by atoms with Gasteiger partial charge in [-0.25, -0.2) is 0 Å². The Morgan fingerprint density at radius 2 is 2.05 bits per heavy atom. The van der Waals surface area contributed by atoms with Gasteiger partial charge in [-0.05, 0) is 12.0 Å². The monoisotopic (exact) mass is 280 g/mol. The van der Waals surface area contributed by atoms with Crippen molar-refractivity contribution in [3.8, 4) is 0 Å². The second-order valence-electron chi connectivity index (χ2n) is 3.91. The van der Waals surface area contributed by atoms with Gasteiger partial charge in [-0.2, -0.15) is 0 Å². The molecule has 3 N–H and O–H groups in total. The van der Waals surface area contributed by atoms with Crippen LogP contribution in [0.5, 0.6) is 0 Å². The van der Waals surface area contributed by atoms with Crippen molar-refractivity contribution in [1.82, 2.24) is 10.2 Å². The first-order valence-corrected chi connectivity index (χ1v) is 5.77. The SMILES string of the molecule is C=CCNc1nnc([C@H](N)Cc2ccccc2)o1.Cl. The largest absolute Gasteiger partial charge is 0.406 e. The van der Waals surface area contributed by atoms with Gasteiger partial charge in [-0.1, -0.05) is 41.5 Å². The molecule has 0 saturated heterocycles. The molecule has 1 atom stereocenters. The summed E-state index contributed by atoms with van der Waals surface area (Å²) in [6.07, 6.45) is 2.39. The summed E-state index contributed by atoms with van der Waals surface area (Å²) >= 11 is 0. The van der Waals surface area contributed by atoms with Crippen molar-refractivity contribution < 1.29 is 4.42 Å². The van der Waals surface area contributed by atoms with E-state index in [1.165, 1.54) is 0 Å². The summed E-state index contributed by atoms with van der Waals surface area (Å²) in [5, 5.41) is 10.7. The molecule has 0 fully saturated rings. The fraction of sp³-hybridized carbons (Fsp3) is 0.231. The molecule has 0 radical (unpaired) electrons. The highest BCUT2D eigenvalue weighted by molar-refractivity contribution is 5.85. The smallest absolute Gasteiger partial charge is 0.315 e. The average molecular weight is 281 g/mol. The summed E-state index contributed by atoms with van der Waals surface area (Å²) < 4.78 is 5.41. The number of nitrogens with zero attached hydrogens (tertiary/aromatic N) is 2. The molecule has 5 nitrogen and oxygen atoms in total. The summed E-state index contributed by atoms with van der Waals surface area (Å²) in [5.41, 5.74) is 7.17. The number of hydrogen-bond acceptors (Lipinski definition) is 5. The highest BCUT2D eigenvalue weighted by Gasteiger charge is 2.14. The second-order valence-corrected chi connectivity index (χ2v) is 3.91. The maximum atomic E-state index is 6.02. The lowest BCUT2D eigenvalue weighted by molar-refractivity contribution is 0.457. The minimum atomic E-state index is -0.292. The molecule has 0 unspecified atom stereocenters. The fourth-order valence-corrected chi connectivity index (χ4v) is 1.57. The van der Waals surface area contributed by atoms with Crippen molar-refractivity contribution in [3.05, 3.63) is 54.4 Å². The molecule has 2 aromatic rings. The number of rotatable bonds is 6. The normalized spacial score (nSPS) is 11.4. The molecular formula is C13H17ClN4O. The fourth-order valence-electron chi connectivity index (χ4n) is 1.57. The molecular weight excluding hydrogens is 264 g/mol. The second kappa shape index (κ2) is 7.56. The highest BCUT2D eigenvalue weighted by atomic mass is 35.5. The van der Waals surface area contributed by atoms with Crippen LogP contribution in [0.25, 0.3) is 0 Å². The van der Waals surface area contributed by atoms with Crippen LogP contribution in [0, 0.1) is 0 Å². The Hall–Kier alpha value is -1.85. The minimum absolute atomic E-state index is 0. The summed E-state index contributed by atoms with van der Waals surface area (Å²) in [6, 6.07) is 10.0. The van der Waals surface area contributed by atoms with Gasteiger partial charge in [0.05, 0.1) is 6.04 Å². The van der Waals surface area contributed by atoms with Crippen molar-refractivity contribution >= 4 is 18.4 Å². The third-order valence-corrected chi connectivity index (χ3v) is 2.45. The van der Waals surface area contributed by atoms with Crippen LogP contribution in [0.2, 0.25) is 0 Å². The first kappa shape index (κ1) is 15.2. The van der Waals surface area contributed by atoms with Gasteiger partial charge in [0, 0.05) is 6.54 Å². The van der Waals surface area contributed by atoms with Crippen LogP contribution in [0.4, 0.5) is 6.01 Å². The van der Waals surface area contributed by atoms with Crippen LogP contribution in [0.15, 0.2) is 47.4 Å². The molecule has 0 bridgehead atoms. The molecule has 0 aliphatic heterocycles. The summed E-state index contributed by atoms with van der Waals surface area (Å²) in [6.45, 7) is 4.18. The van der Waals surface area contributed by atoms with Crippen LogP contribution in [-0.4, -0.2) is 16.7 Å². The highest BCUT2D eigenvalue weighted by Crippen LogP contribution is 2.16. The lowest BCUT2D eigenvalue weighted by Gasteiger charge is -2.06. The summed E-state index contributed by atoms with van der Waals surface area (Å²) in [7, 11) is 0. The molecule has 0 amide bonds. The lowest BCUT2D eigenvalue weighted by Crippen LogP contribution is -2.13. The van der Waals surface area contributed by atoms with Crippen molar-refractivity contribution in [2.24, 2.45) is 5.73 Å².